The molecule has 2 nitrogen and oxygen atoms in total. The molecule has 0 bridgehead atoms. The van der Waals surface area contributed by atoms with Crippen molar-refractivity contribution in [2.45, 2.75) is 97.6 Å². The molecule has 1 aromatic heterocycles. The molecule has 0 saturated heterocycles. The second-order valence-corrected chi connectivity index (χ2v) is 7.89. The number of unbranched alkanes of at least 4 members (excludes halogenated alkanes) is 4. The van der Waals surface area contributed by atoms with Crippen LogP contribution in [0, 0.1) is 0 Å². The van der Waals surface area contributed by atoms with Gasteiger partial charge in [0.1, 0.15) is 5.01 Å². The van der Waals surface area contributed by atoms with Crippen molar-refractivity contribution in [3.63, 3.8) is 0 Å². The molecule has 1 heterocycles. The van der Waals surface area contributed by atoms with Crippen molar-refractivity contribution < 1.29 is 0 Å². The number of nitrogens with one attached hydrogen (secondary N) is 1. The third-order valence-corrected chi connectivity index (χ3v) is 5.10. The molecule has 0 spiro atoms. The van der Waals surface area contributed by atoms with E-state index in [1.54, 1.807) is 0 Å². The van der Waals surface area contributed by atoms with Crippen molar-refractivity contribution in [2.24, 2.45) is 0 Å². The Kier molecular flexibility index (Phi) is 7.89. The van der Waals surface area contributed by atoms with Gasteiger partial charge in [-0.1, -0.05) is 52.9 Å². The van der Waals surface area contributed by atoms with Crippen molar-refractivity contribution in [3.05, 3.63) is 16.1 Å². The van der Waals surface area contributed by atoms with Gasteiger partial charge in [0.25, 0.3) is 0 Å². The number of nitrogens with zero attached hydrogens (tertiary/aromatic N) is 1. The minimum atomic E-state index is 0.0260. The third kappa shape index (κ3) is 6.07. The molecule has 0 amide bonds. The van der Waals surface area contributed by atoms with Crippen molar-refractivity contribution in [1.29, 1.82) is 0 Å². The summed E-state index contributed by atoms with van der Waals surface area (Å²) in [5, 5.41) is 7.26. The summed E-state index contributed by atoms with van der Waals surface area (Å²) in [6.45, 7) is 13.5. The van der Waals surface area contributed by atoms with Crippen LogP contribution in [0.1, 0.15) is 96.7 Å². The van der Waals surface area contributed by atoms with E-state index in [2.05, 4.69) is 52.2 Å². The maximum absolute atomic E-state index is 4.91. The predicted molar refractivity (Wildman–Crippen MR) is 95.2 cm³/mol. The number of rotatable bonds is 10. The summed E-state index contributed by atoms with van der Waals surface area (Å²) in [7, 11) is 0. The Morgan fingerprint density at radius 1 is 1.14 bits per heavy atom. The molecule has 0 saturated carbocycles. The van der Waals surface area contributed by atoms with Crippen molar-refractivity contribution in [3.8, 4) is 0 Å². The van der Waals surface area contributed by atoms with Crippen LogP contribution in [-0.4, -0.2) is 11.0 Å². The third-order valence-electron chi connectivity index (χ3n) is 3.97. The molecular weight excluding hydrogens is 276 g/mol. The van der Waals surface area contributed by atoms with Crippen LogP contribution in [0.5, 0.6) is 0 Å². The van der Waals surface area contributed by atoms with Crippen LogP contribution in [0.3, 0.4) is 0 Å². The molecule has 1 N–H and O–H groups in total. The van der Waals surface area contributed by atoms with Crippen LogP contribution in [0.4, 0.5) is 0 Å². The van der Waals surface area contributed by atoms with Gasteiger partial charge in [0.05, 0.1) is 11.2 Å². The lowest BCUT2D eigenvalue weighted by molar-refractivity contribution is 0.298. The highest BCUT2D eigenvalue weighted by Gasteiger charge is 2.30. The smallest absolute Gasteiger partial charge is 0.113 e. The lowest BCUT2D eigenvalue weighted by Crippen LogP contribution is -2.43. The number of aromatic nitrogens is 1. The number of hydrogen-bond donors (Lipinski definition) is 1. The minimum Gasteiger partial charge on any atom is -0.303 e. The molecule has 0 aliphatic carbocycles. The molecule has 0 aliphatic rings. The molecule has 1 aromatic rings. The van der Waals surface area contributed by atoms with Gasteiger partial charge >= 0.3 is 0 Å². The molecule has 0 radical (unpaired) electrons. The zero-order valence-corrected chi connectivity index (χ0v) is 15.6. The Morgan fingerprint density at radius 3 is 2.33 bits per heavy atom. The first kappa shape index (κ1) is 18.6. The molecule has 3 heteroatoms. The monoisotopic (exact) mass is 310 g/mol. The van der Waals surface area contributed by atoms with Gasteiger partial charge in [0.2, 0.25) is 0 Å². The topological polar surface area (TPSA) is 24.9 Å². The first-order chi connectivity index (χ1) is 9.89. The summed E-state index contributed by atoms with van der Waals surface area (Å²) in [6, 6.07) is 0.483. The van der Waals surface area contributed by atoms with Crippen LogP contribution >= 0.6 is 11.3 Å². The van der Waals surface area contributed by atoms with E-state index in [0.717, 1.165) is 0 Å². The van der Waals surface area contributed by atoms with E-state index in [1.165, 1.54) is 49.2 Å². The zero-order chi connectivity index (χ0) is 15.9. The second-order valence-electron chi connectivity index (χ2n) is 7.03. The van der Waals surface area contributed by atoms with E-state index in [-0.39, 0.29) is 5.54 Å². The van der Waals surface area contributed by atoms with E-state index in [0.29, 0.717) is 12.0 Å². The molecule has 21 heavy (non-hydrogen) atoms. The summed E-state index contributed by atoms with van der Waals surface area (Å²) in [5.41, 5.74) is 1.26. The SMILES string of the molecule is CCCCCCCC(C)(NC(C)C)c1nc(C(C)C)cs1. The van der Waals surface area contributed by atoms with Gasteiger partial charge in [-0.25, -0.2) is 4.98 Å². The van der Waals surface area contributed by atoms with E-state index in [4.69, 9.17) is 4.98 Å². The lowest BCUT2D eigenvalue weighted by Gasteiger charge is -2.31. The van der Waals surface area contributed by atoms with Gasteiger partial charge in [0.15, 0.2) is 0 Å². The second kappa shape index (κ2) is 8.89. The Morgan fingerprint density at radius 2 is 1.81 bits per heavy atom. The number of hydrogen-bond acceptors (Lipinski definition) is 3. The Hall–Kier alpha value is -0.410. The summed E-state index contributed by atoms with van der Waals surface area (Å²) < 4.78 is 0. The number of thiazole rings is 1. The lowest BCUT2D eigenvalue weighted by atomic mass is 9.93. The van der Waals surface area contributed by atoms with Crippen LogP contribution in [0.2, 0.25) is 0 Å². The van der Waals surface area contributed by atoms with Crippen LogP contribution < -0.4 is 5.32 Å². The van der Waals surface area contributed by atoms with Crippen molar-refractivity contribution in [1.82, 2.24) is 10.3 Å². The normalized spacial score (nSPS) is 14.9. The standard InChI is InChI=1S/C18H34N2S/c1-7-8-9-10-11-12-18(6,20-15(4)5)17-19-16(13-21-17)14(2)3/h13-15,20H,7-12H2,1-6H3. The van der Waals surface area contributed by atoms with Gasteiger partial charge in [-0.05, 0) is 33.1 Å². The predicted octanol–water partition coefficient (Wildman–Crippen LogP) is 5.84. The van der Waals surface area contributed by atoms with E-state index in [1.807, 2.05) is 11.3 Å². The minimum absolute atomic E-state index is 0.0260. The maximum Gasteiger partial charge on any atom is 0.113 e. The van der Waals surface area contributed by atoms with Gasteiger partial charge in [0, 0.05) is 11.4 Å². The van der Waals surface area contributed by atoms with E-state index >= 15 is 0 Å². The first-order valence-electron chi connectivity index (χ1n) is 8.62. The molecule has 1 unspecified atom stereocenters. The largest absolute Gasteiger partial charge is 0.303 e. The highest BCUT2D eigenvalue weighted by molar-refractivity contribution is 7.09. The molecule has 1 atom stereocenters. The quantitative estimate of drug-likeness (QED) is 0.549. The highest BCUT2D eigenvalue weighted by atomic mass is 32.1. The van der Waals surface area contributed by atoms with Crippen LogP contribution in [0.15, 0.2) is 5.38 Å². The van der Waals surface area contributed by atoms with Gasteiger partial charge in [-0.15, -0.1) is 11.3 Å². The van der Waals surface area contributed by atoms with Crippen LogP contribution in [-0.2, 0) is 5.54 Å². The summed E-state index contributed by atoms with van der Waals surface area (Å²) in [6.07, 6.45) is 7.84. The maximum atomic E-state index is 4.91. The van der Waals surface area contributed by atoms with Gasteiger partial charge < -0.3 is 5.32 Å². The van der Waals surface area contributed by atoms with Crippen LogP contribution in [0.25, 0.3) is 0 Å². The van der Waals surface area contributed by atoms with Gasteiger partial charge in [-0.2, -0.15) is 0 Å². The summed E-state index contributed by atoms with van der Waals surface area (Å²) in [4.78, 5) is 4.91. The zero-order valence-electron chi connectivity index (χ0n) is 14.8. The Bertz CT molecular complexity index is 398. The van der Waals surface area contributed by atoms with E-state index < -0.39 is 0 Å². The molecule has 0 aliphatic heterocycles. The molecular formula is C18H34N2S. The molecule has 0 fully saturated rings. The Balaban J connectivity index is 2.72. The summed E-state index contributed by atoms with van der Waals surface area (Å²) in [5.74, 6) is 0.517. The Labute approximate surface area is 135 Å². The highest BCUT2D eigenvalue weighted by Crippen LogP contribution is 2.32. The van der Waals surface area contributed by atoms with Crippen molar-refractivity contribution >= 4 is 11.3 Å². The fraction of sp³-hybridized carbons (Fsp3) is 0.833. The average Bonchev–Trinajstić information content (AvgIpc) is 2.88. The fourth-order valence-corrected chi connectivity index (χ4v) is 3.90. The molecule has 1 rings (SSSR count). The van der Waals surface area contributed by atoms with E-state index in [9.17, 15) is 0 Å². The average molecular weight is 311 g/mol. The molecule has 0 aromatic carbocycles. The molecule has 122 valence electrons. The summed E-state index contributed by atoms with van der Waals surface area (Å²) >= 11 is 1.82. The fourth-order valence-electron chi connectivity index (χ4n) is 2.76. The first-order valence-corrected chi connectivity index (χ1v) is 9.50. The van der Waals surface area contributed by atoms with Gasteiger partial charge in [-0.3, -0.25) is 0 Å². The van der Waals surface area contributed by atoms with Crippen molar-refractivity contribution in [2.75, 3.05) is 0 Å².